The van der Waals surface area contributed by atoms with Gasteiger partial charge in [0.05, 0.1) is 16.1 Å². The minimum Gasteiger partial charge on any atom is -0.359 e. The molecule has 0 atom stereocenters. The van der Waals surface area contributed by atoms with Crippen molar-refractivity contribution in [3.63, 3.8) is 0 Å². The van der Waals surface area contributed by atoms with Crippen LogP contribution in [-0.2, 0) is 16.2 Å². The summed E-state index contributed by atoms with van der Waals surface area (Å²) in [5.74, 6) is -0.544. The topological polar surface area (TPSA) is 62.0 Å². The van der Waals surface area contributed by atoms with E-state index in [9.17, 15) is 26.0 Å². The fourth-order valence-electron chi connectivity index (χ4n) is 2.20. The zero-order valence-corrected chi connectivity index (χ0v) is 12.7. The van der Waals surface area contributed by atoms with Gasteiger partial charge in [0.2, 0.25) is 0 Å². The summed E-state index contributed by atoms with van der Waals surface area (Å²) in [6, 6.07) is 6.90. The van der Waals surface area contributed by atoms with Crippen LogP contribution < -0.4 is 4.72 Å². The number of benzene rings is 2. The predicted molar refractivity (Wildman–Crippen MR) is 80.5 cm³/mol. The van der Waals surface area contributed by atoms with Crippen LogP contribution in [0.2, 0.25) is 0 Å². The largest absolute Gasteiger partial charge is 0.416 e. The quantitative estimate of drug-likeness (QED) is 0.692. The fourth-order valence-corrected chi connectivity index (χ4v) is 3.27. The number of rotatable bonds is 3. The highest BCUT2D eigenvalue weighted by Gasteiger charge is 2.30. The molecule has 0 radical (unpaired) electrons. The highest BCUT2D eigenvalue weighted by atomic mass is 32.2. The van der Waals surface area contributed by atoms with Gasteiger partial charge in [-0.05, 0) is 42.5 Å². The van der Waals surface area contributed by atoms with E-state index in [1.165, 1.54) is 18.3 Å². The van der Waals surface area contributed by atoms with Crippen molar-refractivity contribution >= 4 is 26.6 Å². The normalized spacial score (nSPS) is 12.5. The molecule has 1 aromatic heterocycles. The van der Waals surface area contributed by atoms with Gasteiger partial charge in [-0.2, -0.15) is 13.2 Å². The molecule has 2 N–H and O–H groups in total. The summed E-state index contributed by atoms with van der Waals surface area (Å²) in [4.78, 5) is 2.44. The maximum atomic E-state index is 13.3. The smallest absolute Gasteiger partial charge is 0.359 e. The van der Waals surface area contributed by atoms with Gasteiger partial charge < -0.3 is 4.98 Å². The molecule has 0 aliphatic rings. The van der Waals surface area contributed by atoms with Gasteiger partial charge in [-0.3, -0.25) is 4.72 Å². The molecule has 0 saturated carbocycles. The lowest BCUT2D eigenvalue weighted by molar-refractivity contribution is -0.137. The third-order valence-corrected chi connectivity index (χ3v) is 4.76. The van der Waals surface area contributed by atoms with Gasteiger partial charge in [-0.25, -0.2) is 12.8 Å². The first kappa shape index (κ1) is 16.3. The van der Waals surface area contributed by atoms with Crippen LogP contribution in [0.1, 0.15) is 5.56 Å². The van der Waals surface area contributed by atoms with Crippen LogP contribution in [0.25, 0.3) is 10.9 Å². The van der Waals surface area contributed by atoms with E-state index in [2.05, 4.69) is 9.71 Å². The summed E-state index contributed by atoms with van der Waals surface area (Å²) < 4.78 is 77.7. The molecule has 2 aromatic carbocycles. The van der Waals surface area contributed by atoms with E-state index in [0.29, 0.717) is 23.0 Å². The zero-order chi connectivity index (χ0) is 17.5. The van der Waals surface area contributed by atoms with Crippen molar-refractivity contribution in [2.45, 2.75) is 11.1 Å². The molecule has 0 amide bonds. The van der Waals surface area contributed by atoms with Crippen molar-refractivity contribution < 1.29 is 26.0 Å². The molecule has 0 bridgehead atoms. The Balaban J connectivity index is 1.94. The maximum Gasteiger partial charge on any atom is 0.416 e. The van der Waals surface area contributed by atoms with Crippen molar-refractivity contribution in [3.05, 3.63) is 60.0 Å². The molecule has 126 valence electrons. The van der Waals surface area contributed by atoms with E-state index in [4.69, 9.17) is 0 Å². The van der Waals surface area contributed by atoms with Gasteiger partial charge in [-0.1, -0.05) is 0 Å². The molecule has 3 rings (SSSR count). The van der Waals surface area contributed by atoms with Crippen molar-refractivity contribution in [3.8, 4) is 0 Å². The lowest BCUT2D eigenvalue weighted by Crippen LogP contribution is -2.13. The zero-order valence-electron chi connectivity index (χ0n) is 11.9. The number of nitrogens with one attached hydrogen (secondary N) is 2. The molecule has 0 spiro atoms. The lowest BCUT2D eigenvalue weighted by atomic mass is 10.2. The van der Waals surface area contributed by atoms with Crippen molar-refractivity contribution in [1.29, 1.82) is 0 Å². The summed E-state index contributed by atoms with van der Waals surface area (Å²) in [6.45, 7) is 0. The van der Waals surface area contributed by atoms with Crippen LogP contribution in [-0.4, -0.2) is 13.4 Å². The predicted octanol–water partition coefficient (Wildman–Crippen LogP) is 4.13. The van der Waals surface area contributed by atoms with Crippen molar-refractivity contribution in [1.82, 2.24) is 4.98 Å². The second-order valence-corrected chi connectivity index (χ2v) is 6.70. The Hall–Kier alpha value is -2.55. The van der Waals surface area contributed by atoms with Gasteiger partial charge in [-0.15, -0.1) is 0 Å². The third kappa shape index (κ3) is 3.07. The molecule has 9 heteroatoms. The average Bonchev–Trinajstić information content (AvgIpc) is 2.88. The average molecular weight is 358 g/mol. The molecule has 0 fully saturated rings. The van der Waals surface area contributed by atoms with Crippen molar-refractivity contribution in [2.75, 3.05) is 4.72 Å². The number of halogens is 4. The van der Waals surface area contributed by atoms with Gasteiger partial charge in [0.1, 0.15) is 5.82 Å². The summed E-state index contributed by atoms with van der Waals surface area (Å²) in [6.07, 6.45) is -3.21. The Labute approximate surface area is 134 Å². The number of aromatic nitrogens is 1. The number of aromatic amines is 1. The van der Waals surface area contributed by atoms with Gasteiger partial charge in [0, 0.05) is 17.1 Å². The SMILES string of the molecule is O=S(=O)(Nc1c[nH]c2ccc(F)cc12)c1ccc(C(F)(F)F)cc1. The number of hydrogen-bond donors (Lipinski definition) is 2. The van der Waals surface area contributed by atoms with Gasteiger partial charge in [0.15, 0.2) is 0 Å². The minimum absolute atomic E-state index is 0.101. The molecular formula is C15H10F4N2O2S. The number of hydrogen-bond acceptors (Lipinski definition) is 2. The van der Waals surface area contributed by atoms with Gasteiger partial charge in [0.25, 0.3) is 10.0 Å². The molecule has 4 nitrogen and oxygen atoms in total. The Morgan fingerprint density at radius 1 is 1.00 bits per heavy atom. The standard InChI is InChI=1S/C15H10F4N2O2S/c16-10-3-6-13-12(7-10)14(8-20-13)21-24(22,23)11-4-1-9(2-5-11)15(17,18)19/h1-8,20-21H. The summed E-state index contributed by atoms with van der Waals surface area (Å²) in [5.41, 5.74) is -0.332. The van der Waals surface area contributed by atoms with Crippen LogP contribution in [0.5, 0.6) is 0 Å². The molecule has 24 heavy (non-hydrogen) atoms. The Bertz CT molecular complexity index is 992. The lowest BCUT2D eigenvalue weighted by Gasteiger charge is -2.09. The number of sulfonamides is 1. The van der Waals surface area contributed by atoms with E-state index in [1.54, 1.807) is 0 Å². The molecule has 0 aliphatic heterocycles. The molecule has 3 aromatic rings. The monoisotopic (exact) mass is 358 g/mol. The first-order valence-electron chi connectivity index (χ1n) is 6.63. The minimum atomic E-state index is -4.55. The van der Waals surface area contributed by atoms with Crippen LogP contribution in [0.4, 0.5) is 23.2 Å². The fraction of sp³-hybridized carbons (Fsp3) is 0.0667. The van der Waals surface area contributed by atoms with Gasteiger partial charge >= 0.3 is 6.18 Å². The van der Waals surface area contributed by atoms with Crippen LogP contribution in [0, 0.1) is 5.82 Å². The number of H-pyrrole nitrogens is 1. The molecule has 0 aliphatic carbocycles. The first-order valence-corrected chi connectivity index (χ1v) is 8.12. The number of alkyl halides is 3. The molecule has 1 heterocycles. The van der Waals surface area contributed by atoms with E-state index >= 15 is 0 Å². The van der Waals surface area contributed by atoms with E-state index in [0.717, 1.165) is 18.2 Å². The molecule has 0 unspecified atom stereocenters. The third-order valence-electron chi connectivity index (χ3n) is 3.38. The van der Waals surface area contributed by atoms with Crippen LogP contribution in [0.3, 0.4) is 0 Å². The summed E-state index contributed by atoms with van der Waals surface area (Å²) in [5, 5.41) is 0.311. The highest BCUT2D eigenvalue weighted by molar-refractivity contribution is 7.92. The van der Waals surface area contributed by atoms with E-state index in [-0.39, 0.29) is 10.6 Å². The second kappa shape index (κ2) is 5.52. The summed E-state index contributed by atoms with van der Waals surface area (Å²) >= 11 is 0. The molecule has 0 saturated heterocycles. The second-order valence-electron chi connectivity index (χ2n) is 5.02. The number of anilines is 1. The summed E-state index contributed by atoms with van der Waals surface area (Å²) in [7, 11) is -4.11. The highest BCUT2D eigenvalue weighted by Crippen LogP contribution is 2.31. The Morgan fingerprint density at radius 3 is 2.29 bits per heavy atom. The maximum absolute atomic E-state index is 13.3. The van der Waals surface area contributed by atoms with Crippen LogP contribution in [0.15, 0.2) is 53.6 Å². The van der Waals surface area contributed by atoms with Crippen molar-refractivity contribution in [2.24, 2.45) is 0 Å². The Kier molecular flexibility index (Phi) is 3.75. The number of fused-ring (bicyclic) bond motifs is 1. The molecular weight excluding hydrogens is 348 g/mol. The Morgan fingerprint density at radius 2 is 1.67 bits per heavy atom. The van der Waals surface area contributed by atoms with Crippen LogP contribution >= 0.6 is 0 Å². The first-order chi connectivity index (χ1) is 11.2. The van der Waals surface area contributed by atoms with E-state index < -0.39 is 27.6 Å². The van der Waals surface area contributed by atoms with E-state index in [1.807, 2.05) is 0 Å².